The maximum atomic E-state index is 15.3. The summed E-state index contributed by atoms with van der Waals surface area (Å²) >= 11 is 0. The molecule has 0 spiro atoms. The summed E-state index contributed by atoms with van der Waals surface area (Å²) in [6.07, 6.45) is 1.08. The van der Waals surface area contributed by atoms with Gasteiger partial charge < -0.3 is 24.6 Å². The zero-order chi connectivity index (χ0) is 20.2. The van der Waals surface area contributed by atoms with Crippen LogP contribution in [0.3, 0.4) is 0 Å². The Kier molecular flexibility index (Phi) is 6.25. The minimum absolute atomic E-state index is 0.0433. The third-order valence-electron chi connectivity index (χ3n) is 4.92. The van der Waals surface area contributed by atoms with Crippen molar-refractivity contribution in [3.8, 4) is 0 Å². The van der Waals surface area contributed by atoms with Crippen LogP contribution in [-0.4, -0.2) is 60.3 Å². The van der Waals surface area contributed by atoms with Gasteiger partial charge in [-0.3, -0.25) is 0 Å². The van der Waals surface area contributed by atoms with E-state index in [1.165, 1.54) is 12.2 Å². The minimum Gasteiger partial charge on any atom is -0.479 e. The van der Waals surface area contributed by atoms with Crippen molar-refractivity contribution in [1.82, 2.24) is 5.32 Å². The van der Waals surface area contributed by atoms with E-state index >= 15 is 4.39 Å². The van der Waals surface area contributed by atoms with E-state index in [0.29, 0.717) is 6.42 Å². The van der Waals surface area contributed by atoms with Crippen molar-refractivity contribution in [3.63, 3.8) is 0 Å². The van der Waals surface area contributed by atoms with Gasteiger partial charge in [0.15, 0.2) is 5.54 Å². The molecule has 2 saturated carbocycles. The van der Waals surface area contributed by atoms with Gasteiger partial charge in [0.2, 0.25) is 5.67 Å². The summed E-state index contributed by atoms with van der Waals surface area (Å²) < 4.78 is 30.5. The summed E-state index contributed by atoms with van der Waals surface area (Å²) in [5, 5.41) is 12.1. The van der Waals surface area contributed by atoms with E-state index in [2.05, 4.69) is 18.5 Å². The molecule has 2 N–H and O–H groups in total. The number of amides is 1. The summed E-state index contributed by atoms with van der Waals surface area (Å²) in [7, 11) is 0. The molecule has 5 atom stereocenters. The van der Waals surface area contributed by atoms with Crippen LogP contribution in [-0.2, 0) is 23.8 Å². The predicted octanol–water partition coefficient (Wildman–Crippen LogP) is 1.60. The molecule has 2 fully saturated rings. The molecule has 0 radical (unpaired) electrons. The summed E-state index contributed by atoms with van der Waals surface area (Å²) in [5.74, 6) is -4.92. The SMILES string of the molecule is C=CCOC(=O)N[C@@]1(C(=O)O)[C@H](OCCC)C[C@@H]2[C@H]1[C@@]2(F)C(=O)OCC=C. The highest BCUT2D eigenvalue weighted by atomic mass is 19.1. The normalized spacial score (nSPS) is 33.5. The number of alkyl halides is 1. The van der Waals surface area contributed by atoms with Crippen molar-refractivity contribution < 1.29 is 38.1 Å². The largest absolute Gasteiger partial charge is 0.479 e. The number of hydrogen-bond donors (Lipinski definition) is 2. The van der Waals surface area contributed by atoms with Crippen molar-refractivity contribution in [2.75, 3.05) is 19.8 Å². The van der Waals surface area contributed by atoms with E-state index in [-0.39, 0.29) is 26.2 Å². The average molecular weight is 385 g/mol. The fourth-order valence-corrected chi connectivity index (χ4v) is 3.80. The van der Waals surface area contributed by atoms with Crippen LogP contribution in [0.1, 0.15) is 19.8 Å². The van der Waals surface area contributed by atoms with Gasteiger partial charge in [-0.1, -0.05) is 32.2 Å². The molecule has 0 heterocycles. The first-order chi connectivity index (χ1) is 12.8. The first kappa shape index (κ1) is 20.9. The number of nitrogens with one attached hydrogen (secondary N) is 1. The Bertz CT molecular complexity index is 639. The van der Waals surface area contributed by atoms with Gasteiger partial charge in [0, 0.05) is 18.4 Å². The number of carbonyl (C=O) groups excluding carboxylic acids is 2. The molecule has 0 aliphatic heterocycles. The van der Waals surface area contributed by atoms with Crippen molar-refractivity contribution >= 4 is 18.0 Å². The molecule has 0 saturated heterocycles. The molecule has 150 valence electrons. The Labute approximate surface area is 156 Å². The molecule has 2 aliphatic carbocycles. The Morgan fingerprint density at radius 1 is 1.26 bits per heavy atom. The first-order valence-corrected chi connectivity index (χ1v) is 8.68. The molecule has 0 bridgehead atoms. The van der Waals surface area contributed by atoms with Gasteiger partial charge in [0.1, 0.15) is 13.2 Å². The summed E-state index contributed by atoms with van der Waals surface area (Å²) in [5.41, 5.74) is -4.65. The number of halogens is 1. The zero-order valence-corrected chi connectivity index (χ0v) is 15.1. The summed E-state index contributed by atoms with van der Waals surface area (Å²) in [6, 6.07) is 0. The maximum Gasteiger partial charge on any atom is 0.408 e. The molecule has 2 rings (SSSR count). The molecule has 9 heteroatoms. The van der Waals surface area contributed by atoms with E-state index in [0.717, 1.165) is 0 Å². The lowest BCUT2D eigenvalue weighted by Gasteiger charge is -2.35. The summed E-state index contributed by atoms with van der Waals surface area (Å²) in [6.45, 7) is 8.48. The second-order valence-corrected chi connectivity index (χ2v) is 6.52. The molecule has 1 amide bonds. The monoisotopic (exact) mass is 385 g/mol. The third kappa shape index (κ3) is 3.43. The van der Waals surface area contributed by atoms with E-state index in [9.17, 15) is 19.5 Å². The highest BCUT2D eigenvalue weighted by Gasteiger charge is 2.86. The number of carbonyl (C=O) groups is 3. The van der Waals surface area contributed by atoms with E-state index < -0.39 is 47.2 Å². The molecule has 27 heavy (non-hydrogen) atoms. The quantitative estimate of drug-likeness (QED) is 0.434. The topological polar surface area (TPSA) is 111 Å². The average Bonchev–Trinajstić information content (AvgIpc) is 3.08. The number of aliphatic carboxylic acids is 1. The molecule has 8 nitrogen and oxygen atoms in total. The lowest BCUT2D eigenvalue weighted by molar-refractivity contribution is -0.160. The fourth-order valence-electron chi connectivity index (χ4n) is 3.80. The minimum atomic E-state index is -2.51. The van der Waals surface area contributed by atoms with E-state index in [1.807, 2.05) is 6.92 Å². The number of alkyl carbamates (subject to hydrolysis) is 1. The second kappa shape index (κ2) is 8.08. The van der Waals surface area contributed by atoms with Gasteiger partial charge in [0.25, 0.3) is 0 Å². The summed E-state index contributed by atoms with van der Waals surface area (Å²) in [4.78, 5) is 36.4. The first-order valence-electron chi connectivity index (χ1n) is 8.68. The lowest BCUT2D eigenvalue weighted by Crippen LogP contribution is -2.64. The van der Waals surface area contributed by atoms with Crippen molar-refractivity contribution in [2.45, 2.75) is 37.1 Å². The van der Waals surface area contributed by atoms with Gasteiger partial charge in [0.05, 0.1) is 6.10 Å². The zero-order valence-electron chi connectivity index (χ0n) is 15.1. The van der Waals surface area contributed by atoms with Gasteiger partial charge >= 0.3 is 18.0 Å². The van der Waals surface area contributed by atoms with Crippen LogP contribution in [0.2, 0.25) is 0 Å². The highest BCUT2D eigenvalue weighted by molar-refractivity contribution is 5.93. The third-order valence-corrected chi connectivity index (χ3v) is 4.92. The predicted molar refractivity (Wildman–Crippen MR) is 91.7 cm³/mol. The molecule has 0 aromatic heterocycles. The van der Waals surface area contributed by atoms with Crippen LogP contribution < -0.4 is 5.32 Å². The molecule has 0 aromatic carbocycles. The molecule has 2 aliphatic rings. The molecule has 0 unspecified atom stereocenters. The van der Waals surface area contributed by atoms with Gasteiger partial charge in [-0.25, -0.2) is 18.8 Å². The van der Waals surface area contributed by atoms with E-state index in [4.69, 9.17) is 14.2 Å². The second-order valence-electron chi connectivity index (χ2n) is 6.52. The Hall–Kier alpha value is -2.42. The van der Waals surface area contributed by atoms with Crippen molar-refractivity contribution in [1.29, 1.82) is 0 Å². The molecule has 0 aromatic rings. The number of rotatable bonds is 10. The van der Waals surface area contributed by atoms with Crippen LogP contribution in [0.15, 0.2) is 25.3 Å². The number of fused-ring (bicyclic) bond motifs is 1. The highest BCUT2D eigenvalue weighted by Crippen LogP contribution is 2.68. The molecular weight excluding hydrogens is 361 g/mol. The Morgan fingerprint density at radius 2 is 1.89 bits per heavy atom. The Morgan fingerprint density at radius 3 is 2.44 bits per heavy atom. The fraction of sp³-hybridized carbons (Fsp3) is 0.611. The standard InChI is InChI=1S/C18H24FNO7/c1-4-7-25-12-10-11-13(17(11,19)15(23)26-8-5-2)18(12,14(21)22)20-16(24)27-9-6-3/h5-6,11-13H,2-4,7-10H2,1H3,(H,20,24)(H,21,22)/t11-,12-,13+,17-,18+/m1/s1. The van der Waals surface area contributed by atoms with Gasteiger partial charge in [-0.05, 0) is 12.8 Å². The van der Waals surface area contributed by atoms with Gasteiger partial charge in [-0.2, -0.15) is 0 Å². The number of carboxylic acid groups (broad SMARTS) is 1. The van der Waals surface area contributed by atoms with Crippen LogP contribution in [0.5, 0.6) is 0 Å². The maximum absolute atomic E-state index is 15.3. The van der Waals surface area contributed by atoms with Gasteiger partial charge in [-0.15, -0.1) is 0 Å². The number of hydrogen-bond acceptors (Lipinski definition) is 6. The lowest BCUT2D eigenvalue weighted by atomic mass is 9.86. The number of ether oxygens (including phenoxy) is 3. The van der Waals surface area contributed by atoms with E-state index in [1.54, 1.807) is 0 Å². The smallest absolute Gasteiger partial charge is 0.408 e. The van der Waals surface area contributed by atoms with Crippen molar-refractivity contribution in [3.05, 3.63) is 25.3 Å². The van der Waals surface area contributed by atoms with Crippen LogP contribution in [0, 0.1) is 11.8 Å². The molecular formula is C18H24FNO7. The van der Waals surface area contributed by atoms with Crippen molar-refractivity contribution in [2.24, 2.45) is 11.8 Å². The Balaban J connectivity index is 2.32. The van der Waals surface area contributed by atoms with Crippen LogP contribution in [0.25, 0.3) is 0 Å². The number of carboxylic acids is 1. The van der Waals surface area contributed by atoms with Crippen LogP contribution in [0.4, 0.5) is 9.18 Å². The van der Waals surface area contributed by atoms with Crippen LogP contribution >= 0.6 is 0 Å². The number of esters is 1.